The van der Waals surface area contributed by atoms with E-state index in [1.54, 1.807) is 30.2 Å². The predicted octanol–water partition coefficient (Wildman–Crippen LogP) is 4.66. The van der Waals surface area contributed by atoms with Crippen LogP contribution in [0.1, 0.15) is 26.7 Å². The molecule has 1 rings (SSSR count). The zero-order chi connectivity index (χ0) is 9.73. The van der Waals surface area contributed by atoms with E-state index in [2.05, 4.69) is 29.1 Å². The Morgan fingerprint density at radius 1 is 1.15 bits per heavy atom. The molecule has 1 radical (unpaired) electrons. The summed E-state index contributed by atoms with van der Waals surface area (Å²) in [5.74, 6) is 0. The number of halogens is 1. The van der Waals surface area contributed by atoms with E-state index < -0.39 is 6.69 Å². The molecule has 77 valence electrons. The Bertz CT molecular complexity index is 142. The van der Waals surface area contributed by atoms with Crippen LogP contribution in [0.2, 0.25) is 36.3 Å². The molecule has 0 amide bonds. The predicted molar refractivity (Wildman–Crippen MR) is 69.9 cm³/mol. The fourth-order valence-corrected chi connectivity index (χ4v) is 16.6. The molecule has 1 aliphatic heterocycles. The molecule has 0 aromatic carbocycles. The number of hydrogen-bond acceptors (Lipinski definition) is 0. The van der Waals surface area contributed by atoms with Gasteiger partial charge in [0.1, 0.15) is 6.69 Å². The highest BCUT2D eigenvalue weighted by Crippen LogP contribution is 2.39. The summed E-state index contributed by atoms with van der Waals surface area (Å²) in [4.78, 5) is 0. The second kappa shape index (κ2) is 5.71. The van der Waals surface area contributed by atoms with E-state index in [9.17, 15) is 0 Å². The zero-order valence-electron chi connectivity index (χ0n) is 9.03. The van der Waals surface area contributed by atoms with Crippen LogP contribution in [0.15, 0.2) is 0 Å². The van der Waals surface area contributed by atoms with Crippen LogP contribution in [-0.2, 0) is 0 Å². The Balaban J connectivity index is 2.28. The lowest BCUT2D eigenvalue weighted by Crippen LogP contribution is -2.34. The molecular weight excluding hydrogens is 256 g/mol. The monoisotopic (exact) mass is 277 g/mol. The first-order valence-electron chi connectivity index (χ1n) is 5.72. The number of hydrogen-bond donors (Lipinski definition) is 0. The standard InChI is InChI=1S/C10H22BrSi2/c1-3-5-12-6-9-13(11,8-4-2)10-7-12/h3-10H2,1-2H3. The van der Waals surface area contributed by atoms with Gasteiger partial charge in [-0.05, 0) is 6.04 Å². The minimum atomic E-state index is -0.869. The van der Waals surface area contributed by atoms with Gasteiger partial charge in [0.15, 0.2) is 0 Å². The first kappa shape index (κ1) is 12.0. The fraction of sp³-hybridized carbons (Fsp3) is 1.00. The molecule has 0 spiro atoms. The average molecular weight is 278 g/mol. The highest BCUT2D eigenvalue weighted by molar-refractivity contribution is 9.26. The van der Waals surface area contributed by atoms with Gasteiger partial charge < -0.3 is 0 Å². The highest BCUT2D eigenvalue weighted by Gasteiger charge is 2.34. The first-order chi connectivity index (χ1) is 6.20. The summed E-state index contributed by atoms with van der Waals surface area (Å²) in [7, 11) is 0.118. The third kappa shape index (κ3) is 3.88. The van der Waals surface area contributed by atoms with Gasteiger partial charge >= 0.3 is 0 Å². The quantitative estimate of drug-likeness (QED) is 0.518. The van der Waals surface area contributed by atoms with E-state index >= 15 is 0 Å². The smallest absolute Gasteiger partial charge is 0.126 e. The van der Waals surface area contributed by atoms with Crippen molar-refractivity contribution in [2.75, 3.05) is 0 Å². The Labute approximate surface area is 93.7 Å². The molecule has 0 saturated carbocycles. The molecular formula is C10H22BrSi2. The molecule has 3 heteroatoms. The third-order valence-electron chi connectivity index (χ3n) is 3.15. The Morgan fingerprint density at radius 2 is 1.77 bits per heavy atom. The second-order valence-electron chi connectivity index (χ2n) is 4.40. The van der Waals surface area contributed by atoms with Gasteiger partial charge in [0.25, 0.3) is 0 Å². The van der Waals surface area contributed by atoms with Crippen LogP contribution in [0.3, 0.4) is 0 Å². The van der Waals surface area contributed by atoms with Crippen molar-refractivity contribution in [2.24, 2.45) is 0 Å². The first-order valence-corrected chi connectivity index (χ1v) is 12.7. The molecule has 1 saturated heterocycles. The van der Waals surface area contributed by atoms with Crippen molar-refractivity contribution in [3.63, 3.8) is 0 Å². The summed E-state index contributed by atoms with van der Waals surface area (Å²) in [6, 6.07) is 9.53. The van der Waals surface area contributed by atoms with E-state index in [1.165, 1.54) is 18.9 Å². The summed E-state index contributed by atoms with van der Waals surface area (Å²) >= 11 is 4.09. The van der Waals surface area contributed by atoms with Crippen molar-refractivity contribution < 1.29 is 0 Å². The van der Waals surface area contributed by atoms with E-state index in [1.807, 2.05) is 0 Å². The molecule has 1 fully saturated rings. The molecule has 13 heavy (non-hydrogen) atoms. The molecule has 0 unspecified atom stereocenters. The molecule has 1 heterocycles. The number of rotatable bonds is 4. The summed E-state index contributed by atoms with van der Waals surface area (Å²) in [6.07, 6.45) is 2.83. The van der Waals surface area contributed by atoms with Gasteiger partial charge in [-0.25, -0.2) is 0 Å². The van der Waals surface area contributed by atoms with Crippen LogP contribution in [-0.4, -0.2) is 15.5 Å². The molecule has 0 aromatic rings. The lowest BCUT2D eigenvalue weighted by atomic mass is 10.6. The molecule has 0 N–H and O–H groups in total. The van der Waals surface area contributed by atoms with Gasteiger partial charge in [0.2, 0.25) is 0 Å². The maximum atomic E-state index is 4.09. The van der Waals surface area contributed by atoms with Crippen molar-refractivity contribution in [3.8, 4) is 0 Å². The van der Waals surface area contributed by atoms with Crippen LogP contribution < -0.4 is 0 Å². The van der Waals surface area contributed by atoms with E-state index in [0.29, 0.717) is 0 Å². The largest absolute Gasteiger partial charge is 0.129 e. The normalized spacial score (nSPS) is 23.3. The fourth-order valence-electron chi connectivity index (χ4n) is 2.35. The van der Waals surface area contributed by atoms with Crippen LogP contribution in [0.5, 0.6) is 0 Å². The summed E-state index contributed by atoms with van der Waals surface area (Å²) in [5.41, 5.74) is 0. The maximum Gasteiger partial charge on any atom is 0.129 e. The Morgan fingerprint density at radius 3 is 2.23 bits per heavy atom. The summed E-state index contributed by atoms with van der Waals surface area (Å²) in [5, 5.41) is 0. The van der Waals surface area contributed by atoms with Crippen molar-refractivity contribution in [2.45, 2.75) is 63.0 Å². The van der Waals surface area contributed by atoms with Crippen molar-refractivity contribution in [1.29, 1.82) is 0 Å². The van der Waals surface area contributed by atoms with Gasteiger partial charge in [-0.15, -0.1) is 15.3 Å². The molecule has 0 aromatic heterocycles. The zero-order valence-corrected chi connectivity index (χ0v) is 12.6. The molecule has 0 bridgehead atoms. The maximum absolute atomic E-state index is 4.09. The van der Waals surface area contributed by atoms with E-state index in [-0.39, 0.29) is 8.80 Å². The minimum absolute atomic E-state index is 0.118. The topological polar surface area (TPSA) is 0 Å². The van der Waals surface area contributed by atoms with Gasteiger partial charge in [0.05, 0.1) is 0 Å². The van der Waals surface area contributed by atoms with Crippen molar-refractivity contribution >= 4 is 30.8 Å². The van der Waals surface area contributed by atoms with E-state index in [0.717, 1.165) is 0 Å². The molecule has 0 aliphatic carbocycles. The lowest BCUT2D eigenvalue weighted by Gasteiger charge is -2.32. The average Bonchev–Trinajstić information content (AvgIpc) is 2.10. The molecule has 0 nitrogen and oxygen atoms in total. The van der Waals surface area contributed by atoms with Crippen molar-refractivity contribution in [3.05, 3.63) is 0 Å². The third-order valence-corrected chi connectivity index (χ3v) is 14.5. The minimum Gasteiger partial charge on any atom is -0.126 e. The van der Waals surface area contributed by atoms with Crippen molar-refractivity contribution in [1.82, 2.24) is 0 Å². The molecule has 0 atom stereocenters. The van der Waals surface area contributed by atoms with Gasteiger partial charge in [-0.2, -0.15) is 0 Å². The highest BCUT2D eigenvalue weighted by atomic mass is 79.9. The van der Waals surface area contributed by atoms with Crippen LogP contribution >= 0.6 is 15.3 Å². The Kier molecular flexibility index (Phi) is 5.27. The second-order valence-corrected chi connectivity index (χ2v) is 16.2. The SMILES string of the molecule is CCC[Si]1CC[Si](Br)(CCC)CC1. The van der Waals surface area contributed by atoms with Gasteiger partial charge in [0, 0.05) is 8.80 Å². The summed E-state index contributed by atoms with van der Waals surface area (Å²) < 4.78 is 0. The van der Waals surface area contributed by atoms with Crippen LogP contribution in [0.25, 0.3) is 0 Å². The van der Waals surface area contributed by atoms with Crippen LogP contribution in [0.4, 0.5) is 0 Å². The van der Waals surface area contributed by atoms with Gasteiger partial charge in [-0.1, -0.05) is 56.9 Å². The summed E-state index contributed by atoms with van der Waals surface area (Å²) in [6.45, 7) is 3.81. The van der Waals surface area contributed by atoms with Crippen LogP contribution in [0, 0.1) is 0 Å². The lowest BCUT2D eigenvalue weighted by molar-refractivity contribution is 0.989. The molecule has 1 aliphatic rings. The van der Waals surface area contributed by atoms with Gasteiger partial charge in [-0.3, -0.25) is 0 Å². The van der Waals surface area contributed by atoms with E-state index in [4.69, 9.17) is 0 Å². The Hall–Kier alpha value is 0.914.